The molecule has 0 bridgehead atoms. The average Bonchev–Trinajstić information content (AvgIpc) is 2.13. The second kappa shape index (κ2) is 4.69. The van der Waals surface area contributed by atoms with Gasteiger partial charge in [-0.15, -0.1) is 0 Å². The lowest BCUT2D eigenvalue weighted by Gasteiger charge is -2.27. The molecule has 0 aromatic rings. The lowest BCUT2D eigenvalue weighted by Crippen LogP contribution is -2.54. The second-order valence-electron chi connectivity index (χ2n) is 3.32. The number of esters is 1. The molecule has 0 aliphatic heterocycles. The molecule has 0 N–H and O–H groups in total. The molecule has 0 saturated heterocycles. The largest absolute Gasteiger partial charge is 0.476 e. The minimum absolute atomic E-state index is 0.0352. The molecule has 0 saturated carbocycles. The Bertz CT molecular complexity index is 284. The molecule has 0 radical (unpaired) electrons. The third-order valence-corrected chi connectivity index (χ3v) is 1.97. The molecule has 0 aromatic carbocycles. The fourth-order valence-electron chi connectivity index (χ4n) is 0.623. The minimum atomic E-state index is -6.51. The Labute approximate surface area is 91.7 Å². The standard InChI is InChI=1S/C8H9F7O2/c1-3-4(2)5(16)17-8(14,15)6(9,10)7(11,12)13/h4H,3H2,1-2H3. The van der Waals surface area contributed by atoms with Crippen LogP contribution in [0.25, 0.3) is 0 Å². The zero-order valence-corrected chi connectivity index (χ0v) is 8.75. The summed E-state index contributed by atoms with van der Waals surface area (Å²) in [6, 6.07) is 0. The van der Waals surface area contributed by atoms with Crippen molar-refractivity contribution in [2.75, 3.05) is 0 Å². The first-order chi connectivity index (χ1) is 7.37. The molecule has 0 aliphatic rings. The van der Waals surface area contributed by atoms with Crippen LogP contribution in [0.15, 0.2) is 0 Å². The lowest BCUT2D eigenvalue weighted by atomic mass is 10.1. The van der Waals surface area contributed by atoms with E-state index in [1.807, 2.05) is 0 Å². The van der Waals surface area contributed by atoms with Crippen molar-refractivity contribution >= 4 is 5.97 Å². The normalized spacial score (nSPS) is 15.6. The highest BCUT2D eigenvalue weighted by Gasteiger charge is 2.76. The third kappa shape index (κ3) is 3.22. The van der Waals surface area contributed by atoms with Crippen LogP contribution in [0.2, 0.25) is 0 Å². The van der Waals surface area contributed by atoms with Gasteiger partial charge in [0.1, 0.15) is 0 Å². The first-order valence-electron chi connectivity index (χ1n) is 4.42. The van der Waals surface area contributed by atoms with E-state index < -0.39 is 30.1 Å². The van der Waals surface area contributed by atoms with Crippen LogP contribution in [-0.4, -0.2) is 24.2 Å². The van der Waals surface area contributed by atoms with E-state index in [0.717, 1.165) is 6.92 Å². The van der Waals surface area contributed by atoms with Crippen LogP contribution in [0.3, 0.4) is 0 Å². The van der Waals surface area contributed by atoms with E-state index in [2.05, 4.69) is 4.74 Å². The molecule has 0 fully saturated rings. The maximum Gasteiger partial charge on any atom is 0.476 e. The Morgan fingerprint density at radius 3 is 1.82 bits per heavy atom. The van der Waals surface area contributed by atoms with Crippen molar-refractivity contribution in [3.63, 3.8) is 0 Å². The highest BCUT2D eigenvalue weighted by Crippen LogP contribution is 2.47. The molecule has 9 heteroatoms. The number of hydrogen-bond acceptors (Lipinski definition) is 2. The molecule has 0 aromatic heterocycles. The van der Waals surface area contributed by atoms with Crippen LogP contribution in [0, 0.1) is 5.92 Å². The van der Waals surface area contributed by atoms with Gasteiger partial charge >= 0.3 is 24.2 Å². The SMILES string of the molecule is CCC(C)C(=O)OC(F)(F)C(F)(F)C(F)(F)F. The highest BCUT2D eigenvalue weighted by atomic mass is 19.4. The highest BCUT2D eigenvalue weighted by molar-refractivity contribution is 5.72. The number of ether oxygens (including phenoxy) is 1. The lowest BCUT2D eigenvalue weighted by molar-refractivity contribution is -0.413. The fraction of sp³-hybridized carbons (Fsp3) is 0.875. The maximum absolute atomic E-state index is 12.5. The monoisotopic (exact) mass is 270 g/mol. The van der Waals surface area contributed by atoms with Gasteiger partial charge in [-0.05, 0) is 6.42 Å². The van der Waals surface area contributed by atoms with Crippen LogP contribution in [0.5, 0.6) is 0 Å². The quantitative estimate of drug-likeness (QED) is 0.578. The van der Waals surface area contributed by atoms with Crippen LogP contribution in [0.1, 0.15) is 20.3 Å². The van der Waals surface area contributed by atoms with Gasteiger partial charge in [-0.1, -0.05) is 13.8 Å². The molecule has 17 heavy (non-hydrogen) atoms. The molecule has 2 nitrogen and oxygen atoms in total. The van der Waals surface area contributed by atoms with Crippen LogP contribution in [-0.2, 0) is 9.53 Å². The second-order valence-corrected chi connectivity index (χ2v) is 3.32. The molecule has 1 atom stereocenters. The summed E-state index contributed by atoms with van der Waals surface area (Å²) in [5.41, 5.74) is 0. The van der Waals surface area contributed by atoms with Crippen molar-refractivity contribution in [1.82, 2.24) is 0 Å². The average molecular weight is 270 g/mol. The zero-order valence-electron chi connectivity index (χ0n) is 8.75. The summed E-state index contributed by atoms with van der Waals surface area (Å²) in [4.78, 5) is 10.8. The number of halogens is 7. The van der Waals surface area contributed by atoms with Crippen molar-refractivity contribution in [1.29, 1.82) is 0 Å². The zero-order chi connectivity index (χ0) is 14.1. The number of carbonyl (C=O) groups is 1. The molecule has 0 spiro atoms. The predicted octanol–water partition coefficient (Wildman–Crippen LogP) is 3.37. The molecule has 0 heterocycles. The van der Waals surface area contributed by atoms with Gasteiger partial charge in [-0.25, -0.2) is 0 Å². The smallest absolute Gasteiger partial charge is 0.396 e. The van der Waals surface area contributed by atoms with Crippen LogP contribution >= 0.6 is 0 Å². The Morgan fingerprint density at radius 1 is 1.12 bits per heavy atom. The van der Waals surface area contributed by atoms with Crippen molar-refractivity contribution in [3.8, 4) is 0 Å². The van der Waals surface area contributed by atoms with E-state index in [0.29, 0.717) is 0 Å². The van der Waals surface area contributed by atoms with E-state index in [1.165, 1.54) is 6.92 Å². The Hall–Kier alpha value is -1.02. The summed E-state index contributed by atoms with van der Waals surface area (Å²) >= 11 is 0. The topological polar surface area (TPSA) is 26.3 Å². The van der Waals surface area contributed by atoms with E-state index in [4.69, 9.17) is 0 Å². The van der Waals surface area contributed by atoms with Crippen molar-refractivity contribution in [2.24, 2.45) is 5.92 Å². The van der Waals surface area contributed by atoms with Crippen molar-refractivity contribution < 1.29 is 40.3 Å². The van der Waals surface area contributed by atoms with Crippen LogP contribution < -0.4 is 0 Å². The number of carbonyl (C=O) groups excluding carboxylic acids is 1. The molecule has 102 valence electrons. The van der Waals surface area contributed by atoms with E-state index in [9.17, 15) is 35.5 Å². The molecular weight excluding hydrogens is 261 g/mol. The Morgan fingerprint density at radius 2 is 1.53 bits per heavy atom. The molecule has 1 unspecified atom stereocenters. The van der Waals surface area contributed by atoms with Gasteiger partial charge in [0.25, 0.3) is 0 Å². The maximum atomic E-state index is 12.5. The third-order valence-electron chi connectivity index (χ3n) is 1.97. The van der Waals surface area contributed by atoms with Gasteiger partial charge in [-0.3, -0.25) is 4.79 Å². The van der Waals surface area contributed by atoms with Gasteiger partial charge in [0.15, 0.2) is 0 Å². The van der Waals surface area contributed by atoms with Gasteiger partial charge in [0.05, 0.1) is 5.92 Å². The number of alkyl halides is 7. The molecule has 0 rings (SSSR count). The predicted molar refractivity (Wildman–Crippen MR) is 41.5 cm³/mol. The summed E-state index contributed by atoms with van der Waals surface area (Å²) in [7, 11) is 0. The van der Waals surface area contributed by atoms with Gasteiger partial charge in [-0.2, -0.15) is 30.7 Å². The minimum Gasteiger partial charge on any atom is -0.396 e. The van der Waals surface area contributed by atoms with Crippen LogP contribution in [0.4, 0.5) is 30.7 Å². The summed E-state index contributed by atoms with van der Waals surface area (Å²) in [5, 5.41) is 0. The van der Waals surface area contributed by atoms with Gasteiger partial charge in [0, 0.05) is 0 Å². The molecule has 0 aliphatic carbocycles. The van der Waals surface area contributed by atoms with Gasteiger partial charge in [0.2, 0.25) is 0 Å². The number of rotatable bonds is 4. The van der Waals surface area contributed by atoms with Gasteiger partial charge < -0.3 is 4.74 Å². The van der Waals surface area contributed by atoms with E-state index in [1.54, 1.807) is 0 Å². The fourth-order valence-corrected chi connectivity index (χ4v) is 0.623. The summed E-state index contributed by atoms with van der Waals surface area (Å²) in [6.07, 6.45) is -12.5. The summed E-state index contributed by atoms with van der Waals surface area (Å²) in [5.74, 6) is -9.45. The van der Waals surface area contributed by atoms with Crippen molar-refractivity contribution in [2.45, 2.75) is 38.5 Å². The first kappa shape index (κ1) is 16.0. The first-order valence-corrected chi connectivity index (χ1v) is 4.42. The Kier molecular flexibility index (Phi) is 4.41. The van der Waals surface area contributed by atoms with Crippen molar-refractivity contribution in [3.05, 3.63) is 0 Å². The summed E-state index contributed by atoms with van der Waals surface area (Å²) < 4.78 is 87.5. The Balaban J connectivity index is 4.97. The van der Waals surface area contributed by atoms with E-state index >= 15 is 0 Å². The molecular formula is C8H9F7O2. The number of hydrogen-bond donors (Lipinski definition) is 0. The van der Waals surface area contributed by atoms with E-state index in [-0.39, 0.29) is 6.42 Å². The summed E-state index contributed by atoms with van der Waals surface area (Å²) in [6.45, 7) is 2.41. The molecule has 0 amide bonds.